The second-order valence-electron chi connectivity index (χ2n) is 15.1. The number of rotatable bonds is 3. The first-order chi connectivity index (χ1) is 28.3. The highest BCUT2D eigenvalue weighted by molar-refractivity contribution is 6.28. The third-order valence-electron chi connectivity index (χ3n) is 12.0. The van der Waals surface area contributed by atoms with Crippen molar-refractivity contribution in [2.24, 2.45) is 0 Å². The molecule has 0 atom stereocenters. The molecule has 0 saturated carbocycles. The molecule has 0 radical (unpaired) electrons. The number of para-hydroxylation sites is 1. The lowest BCUT2D eigenvalue weighted by molar-refractivity contribution is 0.663. The molecule has 3 nitrogen and oxygen atoms in total. The van der Waals surface area contributed by atoms with Crippen LogP contribution in [0.15, 0.2) is 195 Å². The van der Waals surface area contributed by atoms with E-state index in [1.165, 1.54) is 49.0 Å². The van der Waals surface area contributed by atoms with E-state index in [2.05, 4.69) is 176 Å². The molecule has 264 valence electrons. The third kappa shape index (κ3) is 4.31. The molecule has 0 amide bonds. The van der Waals surface area contributed by atoms with Gasteiger partial charge in [0.25, 0.3) is 0 Å². The van der Waals surface area contributed by atoms with E-state index >= 15 is 0 Å². The van der Waals surface area contributed by atoms with Crippen LogP contribution in [0.2, 0.25) is 0 Å². The van der Waals surface area contributed by atoms with Crippen molar-refractivity contribution < 1.29 is 13.3 Å². The molecule has 3 aromatic heterocycles. The van der Waals surface area contributed by atoms with Gasteiger partial charge in [0.05, 0.1) is 5.39 Å². The van der Waals surface area contributed by atoms with Crippen LogP contribution in [0.5, 0.6) is 0 Å². The van der Waals surface area contributed by atoms with Gasteiger partial charge in [0.15, 0.2) is 0 Å². The molecule has 13 rings (SSSR count). The number of hydrogen-bond donors (Lipinski definition) is 0. The van der Waals surface area contributed by atoms with Crippen LogP contribution >= 0.6 is 0 Å². The smallest absolute Gasteiger partial charge is 0.147 e. The van der Waals surface area contributed by atoms with Gasteiger partial charge in [-0.1, -0.05) is 133 Å². The molecule has 0 unspecified atom stereocenters. The maximum Gasteiger partial charge on any atom is 0.147 e. The van der Waals surface area contributed by atoms with Gasteiger partial charge < -0.3 is 13.3 Å². The zero-order chi connectivity index (χ0) is 37.2. The fraction of sp³-hybridized carbons (Fsp3) is 0. The molecular formula is C54H30O3. The van der Waals surface area contributed by atoms with E-state index in [4.69, 9.17) is 13.3 Å². The van der Waals surface area contributed by atoms with Crippen molar-refractivity contribution in [3.63, 3.8) is 0 Å². The average molecular weight is 727 g/mol. The van der Waals surface area contributed by atoms with Gasteiger partial charge in [-0.2, -0.15) is 0 Å². The Labute approximate surface area is 325 Å². The minimum absolute atomic E-state index is 0.808. The van der Waals surface area contributed by atoms with E-state index in [0.717, 1.165) is 82.5 Å². The molecular weight excluding hydrogens is 697 g/mol. The van der Waals surface area contributed by atoms with E-state index in [0.29, 0.717) is 0 Å². The van der Waals surface area contributed by atoms with E-state index in [9.17, 15) is 0 Å². The van der Waals surface area contributed by atoms with Crippen molar-refractivity contribution in [2.45, 2.75) is 0 Å². The summed E-state index contributed by atoms with van der Waals surface area (Å²) in [5, 5.41) is 13.7. The van der Waals surface area contributed by atoms with E-state index in [-0.39, 0.29) is 0 Å². The van der Waals surface area contributed by atoms with Gasteiger partial charge in [-0.25, -0.2) is 0 Å². The molecule has 3 heterocycles. The first-order valence-electron chi connectivity index (χ1n) is 19.4. The van der Waals surface area contributed by atoms with E-state index in [1.807, 2.05) is 6.07 Å². The molecule has 0 fully saturated rings. The Hall–Kier alpha value is -7.62. The summed E-state index contributed by atoms with van der Waals surface area (Å²) >= 11 is 0. The molecule has 0 spiro atoms. The summed E-state index contributed by atoms with van der Waals surface area (Å²) < 4.78 is 20.0. The maximum absolute atomic E-state index is 6.70. The van der Waals surface area contributed by atoms with Crippen LogP contribution in [0.25, 0.3) is 132 Å². The molecule has 0 bridgehead atoms. The van der Waals surface area contributed by atoms with Crippen LogP contribution in [0, 0.1) is 0 Å². The summed E-state index contributed by atoms with van der Waals surface area (Å²) in [5.74, 6) is 0. The predicted octanol–water partition coefficient (Wildman–Crippen LogP) is 15.8. The molecule has 0 aliphatic heterocycles. The quantitative estimate of drug-likeness (QED) is 0.170. The predicted molar refractivity (Wildman–Crippen MR) is 237 cm³/mol. The SMILES string of the molecule is c1ccc(-c2c3ccccc3c(-c3cc(-c4ccc5c(c4)oc4ccc6c(oc7ccc8ccccc8c76)c45)cc4oc5ccccc5c34)c3ccccc23)cc1. The zero-order valence-electron chi connectivity index (χ0n) is 30.5. The fourth-order valence-electron chi connectivity index (χ4n) is 9.60. The van der Waals surface area contributed by atoms with Crippen LogP contribution in [0.4, 0.5) is 0 Å². The summed E-state index contributed by atoms with van der Waals surface area (Å²) in [4.78, 5) is 0. The molecule has 0 saturated heterocycles. The fourth-order valence-corrected chi connectivity index (χ4v) is 9.60. The van der Waals surface area contributed by atoms with Gasteiger partial charge in [-0.15, -0.1) is 0 Å². The summed E-state index contributed by atoms with van der Waals surface area (Å²) in [6, 6.07) is 64.8. The molecule has 57 heavy (non-hydrogen) atoms. The standard InChI is InChI=1S/C54H30O3/c1-2-13-32(14-3-1)49-36-16-6-8-18-38(36)50(39-19-9-7-17-37(39)49)43-28-34(30-48-52(43)40-20-10-11-21-44(40)55-48)33-22-24-41-47(29-33)56-46-27-25-42-51-35-15-5-4-12-31(35)23-26-45(51)57-54(42)53(41)46/h1-30H. The zero-order valence-corrected chi connectivity index (χ0v) is 30.5. The highest BCUT2D eigenvalue weighted by Gasteiger charge is 2.23. The van der Waals surface area contributed by atoms with Crippen molar-refractivity contribution in [3.05, 3.63) is 182 Å². The van der Waals surface area contributed by atoms with Gasteiger partial charge in [0, 0.05) is 26.9 Å². The Balaban J connectivity index is 1.08. The van der Waals surface area contributed by atoms with Crippen LogP contribution in [0.1, 0.15) is 0 Å². The lowest BCUT2D eigenvalue weighted by Gasteiger charge is -2.19. The second-order valence-corrected chi connectivity index (χ2v) is 15.1. The maximum atomic E-state index is 6.70. The van der Waals surface area contributed by atoms with Gasteiger partial charge >= 0.3 is 0 Å². The van der Waals surface area contributed by atoms with Gasteiger partial charge in [0.1, 0.15) is 33.5 Å². The summed E-state index contributed by atoms with van der Waals surface area (Å²) in [5.41, 5.74) is 12.0. The Morgan fingerprint density at radius 3 is 1.63 bits per heavy atom. The normalized spacial score (nSPS) is 12.2. The van der Waals surface area contributed by atoms with Crippen LogP contribution in [-0.2, 0) is 0 Å². The van der Waals surface area contributed by atoms with Gasteiger partial charge in [-0.3, -0.25) is 0 Å². The van der Waals surface area contributed by atoms with Crippen molar-refractivity contribution in [1.29, 1.82) is 0 Å². The largest absolute Gasteiger partial charge is 0.456 e. The molecule has 0 aliphatic carbocycles. The highest BCUT2D eigenvalue weighted by atomic mass is 16.3. The molecule has 0 N–H and O–H groups in total. The van der Waals surface area contributed by atoms with Crippen LogP contribution < -0.4 is 0 Å². The Morgan fingerprint density at radius 1 is 0.263 bits per heavy atom. The van der Waals surface area contributed by atoms with Crippen LogP contribution in [-0.4, -0.2) is 0 Å². The number of benzene rings is 10. The number of fused-ring (bicyclic) bond motifs is 14. The molecule has 10 aromatic carbocycles. The Bertz CT molecular complexity index is 3750. The molecule has 0 aliphatic rings. The first kappa shape index (κ1) is 30.7. The van der Waals surface area contributed by atoms with Gasteiger partial charge in [0.2, 0.25) is 0 Å². The van der Waals surface area contributed by atoms with Crippen molar-refractivity contribution in [1.82, 2.24) is 0 Å². The topological polar surface area (TPSA) is 39.4 Å². The number of furan rings is 3. The molecule has 13 aromatic rings. The Morgan fingerprint density at radius 2 is 0.842 bits per heavy atom. The van der Waals surface area contributed by atoms with Gasteiger partial charge in [-0.05, 0) is 114 Å². The van der Waals surface area contributed by atoms with Crippen molar-refractivity contribution in [2.75, 3.05) is 0 Å². The minimum Gasteiger partial charge on any atom is -0.456 e. The molecule has 3 heteroatoms. The first-order valence-corrected chi connectivity index (χ1v) is 19.4. The lowest BCUT2D eigenvalue weighted by Crippen LogP contribution is -1.92. The average Bonchev–Trinajstić information content (AvgIpc) is 3.96. The summed E-state index contributed by atoms with van der Waals surface area (Å²) in [6.07, 6.45) is 0. The highest BCUT2D eigenvalue weighted by Crippen LogP contribution is 2.49. The van der Waals surface area contributed by atoms with Crippen molar-refractivity contribution >= 4 is 98.1 Å². The third-order valence-corrected chi connectivity index (χ3v) is 12.0. The van der Waals surface area contributed by atoms with E-state index < -0.39 is 0 Å². The summed E-state index contributed by atoms with van der Waals surface area (Å²) in [7, 11) is 0. The monoisotopic (exact) mass is 726 g/mol. The minimum atomic E-state index is 0.808. The van der Waals surface area contributed by atoms with E-state index in [1.54, 1.807) is 0 Å². The lowest BCUT2D eigenvalue weighted by atomic mass is 9.84. The second kappa shape index (κ2) is 11.5. The Kier molecular flexibility index (Phi) is 6.16. The number of hydrogen-bond acceptors (Lipinski definition) is 3. The van der Waals surface area contributed by atoms with Crippen molar-refractivity contribution in [3.8, 4) is 33.4 Å². The van der Waals surface area contributed by atoms with Crippen LogP contribution in [0.3, 0.4) is 0 Å². The summed E-state index contributed by atoms with van der Waals surface area (Å²) in [6.45, 7) is 0.